The van der Waals surface area contributed by atoms with Crippen LogP contribution in [0.25, 0.3) is 0 Å². The van der Waals surface area contributed by atoms with E-state index < -0.39 is 16.9 Å². The number of benzene rings is 2. The van der Waals surface area contributed by atoms with Crippen LogP contribution in [0.1, 0.15) is 34.0 Å². The second kappa shape index (κ2) is 8.93. The molecule has 0 aromatic heterocycles. The summed E-state index contributed by atoms with van der Waals surface area (Å²) in [6, 6.07) is 10.6. The summed E-state index contributed by atoms with van der Waals surface area (Å²) in [7, 11) is 1.25. The molecule has 0 fully saturated rings. The molecule has 2 rings (SSSR count). The first-order valence-electron chi connectivity index (χ1n) is 8.57. The van der Waals surface area contributed by atoms with Gasteiger partial charge in [0.1, 0.15) is 6.04 Å². The number of carbonyl (C=O) groups is 2. The number of hydrogen-bond acceptors (Lipinski definition) is 5. The molecule has 1 amide bonds. The van der Waals surface area contributed by atoms with E-state index in [-0.39, 0.29) is 18.0 Å². The van der Waals surface area contributed by atoms with Crippen molar-refractivity contribution in [3.05, 3.63) is 74.8 Å². The summed E-state index contributed by atoms with van der Waals surface area (Å²) < 4.78 is 4.81. The van der Waals surface area contributed by atoms with Crippen molar-refractivity contribution in [1.82, 2.24) is 5.32 Å². The topological polar surface area (TPSA) is 98.5 Å². The second-order valence-electron chi connectivity index (χ2n) is 6.14. The number of methoxy groups -OCH3 is 1. The highest BCUT2D eigenvalue weighted by Gasteiger charge is 2.24. The molecule has 7 nitrogen and oxygen atoms in total. The van der Waals surface area contributed by atoms with Crippen LogP contribution in [0.3, 0.4) is 0 Å². The number of carbonyl (C=O) groups excluding carboxylic acids is 2. The molecule has 0 radical (unpaired) electrons. The van der Waals surface area contributed by atoms with E-state index in [1.807, 2.05) is 32.0 Å². The van der Waals surface area contributed by atoms with E-state index in [2.05, 4.69) is 5.32 Å². The number of non-ortho nitro benzene ring substituents is 1. The Kier molecular flexibility index (Phi) is 6.65. The molecule has 2 aromatic rings. The van der Waals surface area contributed by atoms with Gasteiger partial charge in [0.2, 0.25) is 0 Å². The quantitative estimate of drug-likeness (QED) is 0.459. The Morgan fingerprint density at radius 2 is 1.85 bits per heavy atom. The van der Waals surface area contributed by atoms with Crippen molar-refractivity contribution < 1.29 is 19.2 Å². The molecule has 0 aliphatic heterocycles. The van der Waals surface area contributed by atoms with Crippen LogP contribution in [0.15, 0.2) is 42.5 Å². The number of nitrogens with one attached hydrogen (secondary N) is 1. The second-order valence-corrected chi connectivity index (χ2v) is 6.14. The monoisotopic (exact) mass is 370 g/mol. The van der Waals surface area contributed by atoms with E-state index in [1.165, 1.54) is 19.2 Å². The molecule has 27 heavy (non-hydrogen) atoms. The number of ether oxygens (including phenoxy) is 1. The molecule has 0 heterocycles. The van der Waals surface area contributed by atoms with Gasteiger partial charge in [-0.25, -0.2) is 4.79 Å². The minimum absolute atomic E-state index is 0.0371. The fourth-order valence-electron chi connectivity index (χ4n) is 2.90. The number of hydrogen-bond donors (Lipinski definition) is 1. The number of aryl methyl sites for hydroxylation is 2. The highest BCUT2D eigenvalue weighted by Crippen LogP contribution is 2.17. The zero-order chi connectivity index (χ0) is 20.0. The Morgan fingerprint density at radius 3 is 2.41 bits per heavy atom. The highest BCUT2D eigenvalue weighted by atomic mass is 16.6. The molecule has 142 valence electrons. The first-order valence-corrected chi connectivity index (χ1v) is 8.57. The minimum atomic E-state index is -0.895. The summed E-state index contributed by atoms with van der Waals surface area (Å²) in [6.45, 7) is 3.80. The van der Waals surface area contributed by atoms with E-state index >= 15 is 0 Å². The molecule has 0 saturated carbocycles. The van der Waals surface area contributed by atoms with Crippen LogP contribution >= 0.6 is 0 Å². The van der Waals surface area contributed by atoms with E-state index in [0.717, 1.165) is 11.1 Å². The van der Waals surface area contributed by atoms with Crippen molar-refractivity contribution in [2.24, 2.45) is 0 Å². The summed E-state index contributed by atoms with van der Waals surface area (Å²) in [5.74, 6) is -0.921. The maximum absolute atomic E-state index is 12.8. The molecule has 0 saturated heterocycles. The first-order chi connectivity index (χ1) is 12.9. The minimum Gasteiger partial charge on any atom is -0.467 e. The number of rotatable bonds is 7. The van der Waals surface area contributed by atoms with Gasteiger partial charge in [-0.2, -0.15) is 0 Å². The fraction of sp³-hybridized carbons (Fsp3) is 0.300. The van der Waals surface area contributed by atoms with Crippen molar-refractivity contribution in [1.29, 1.82) is 0 Å². The van der Waals surface area contributed by atoms with Gasteiger partial charge < -0.3 is 10.1 Å². The van der Waals surface area contributed by atoms with Gasteiger partial charge in [0.05, 0.1) is 12.0 Å². The van der Waals surface area contributed by atoms with Gasteiger partial charge in [-0.05, 0) is 30.0 Å². The molecule has 0 spiro atoms. The average Bonchev–Trinajstić information content (AvgIpc) is 2.66. The zero-order valence-electron chi connectivity index (χ0n) is 15.5. The first kappa shape index (κ1) is 20.1. The summed E-state index contributed by atoms with van der Waals surface area (Å²) in [5, 5.41) is 13.5. The van der Waals surface area contributed by atoms with E-state index in [4.69, 9.17) is 4.74 Å². The zero-order valence-corrected chi connectivity index (χ0v) is 15.5. The van der Waals surface area contributed by atoms with Gasteiger partial charge in [-0.15, -0.1) is 0 Å². The standard InChI is InChI=1S/C20H22N2O5/c1-4-15-7-5-6-13(2)18(15)19(23)21-17(20(24)27-3)12-14-8-10-16(11-9-14)22(25)26/h5-11,17H,4,12H2,1-3H3,(H,21,23). The molecular formula is C20H22N2O5. The van der Waals surface area contributed by atoms with Gasteiger partial charge >= 0.3 is 5.97 Å². The third kappa shape index (κ3) is 4.91. The molecule has 0 aliphatic rings. The van der Waals surface area contributed by atoms with Crippen LogP contribution in [-0.2, 0) is 22.4 Å². The molecule has 0 aliphatic carbocycles. The Morgan fingerprint density at radius 1 is 1.19 bits per heavy atom. The maximum atomic E-state index is 12.8. The summed E-state index contributed by atoms with van der Waals surface area (Å²) in [4.78, 5) is 35.2. The number of esters is 1. The lowest BCUT2D eigenvalue weighted by atomic mass is 9.98. The van der Waals surface area contributed by atoms with Gasteiger partial charge in [0, 0.05) is 24.1 Å². The molecule has 0 bridgehead atoms. The molecule has 1 N–H and O–H groups in total. The Hall–Kier alpha value is -3.22. The molecule has 1 atom stereocenters. The third-order valence-electron chi connectivity index (χ3n) is 4.35. The third-order valence-corrected chi connectivity index (χ3v) is 4.35. The van der Waals surface area contributed by atoms with E-state index in [9.17, 15) is 19.7 Å². The van der Waals surface area contributed by atoms with Crippen LogP contribution < -0.4 is 5.32 Å². The molecule has 2 aromatic carbocycles. The summed E-state index contributed by atoms with van der Waals surface area (Å²) in [6.07, 6.45) is 0.861. The van der Waals surface area contributed by atoms with Crippen LogP contribution in [0.2, 0.25) is 0 Å². The Balaban J connectivity index is 2.23. The lowest BCUT2D eigenvalue weighted by molar-refractivity contribution is -0.384. The Labute approximate surface area is 157 Å². The maximum Gasteiger partial charge on any atom is 0.328 e. The van der Waals surface area contributed by atoms with Crippen molar-refractivity contribution in [3.63, 3.8) is 0 Å². The van der Waals surface area contributed by atoms with E-state index in [0.29, 0.717) is 17.5 Å². The van der Waals surface area contributed by atoms with Crippen molar-refractivity contribution in [3.8, 4) is 0 Å². The van der Waals surface area contributed by atoms with Crippen molar-refractivity contribution in [2.45, 2.75) is 32.7 Å². The van der Waals surface area contributed by atoms with Gasteiger partial charge in [0.25, 0.3) is 11.6 Å². The fourth-order valence-corrected chi connectivity index (χ4v) is 2.90. The van der Waals surface area contributed by atoms with E-state index in [1.54, 1.807) is 12.1 Å². The lowest BCUT2D eigenvalue weighted by Gasteiger charge is -2.18. The molecule has 1 unspecified atom stereocenters. The number of nitro groups is 1. The van der Waals surface area contributed by atoms with Crippen molar-refractivity contribution >= 4 is 17.6 Å². The molecule has 7 heteroatoms. The van der Waals surface area contributed by atoms with Crippen LogP contribution in [0.4, 0.5) is 5.69 Å². The lowest BCUT2D eigenvalue weighted by Crippen LogP contribution is -2.43. The highest BCUT2D eigenvalue weighted by molar-refractivity contribution is 5.99. The van der Waals surface area contributed by atoms with Crippen LogP contribution in [-0.4, -0.2) is 30.0 Å². The van der Waals surface area contributed by atoms with Crippen molar-refractivity contribution in [2.75, 3.05) is 7.11 Å². The average molecular weight is 370 g/mol. The summed E-state index contributed by atoms with van der Waals surface area (Å²) >= 11 is 0. The predicted molar refractivity (Wildman–Crippen MR) is 101 cm³/mol. The van der Waals surface area contributed by atoms with Crippen LogP contribution in [0, 0.1) is 17.0 Å². The number of amides is 1. The SMILES string of the molecule is CCc1cccc(C)c1C(=O)NC(Cc1ccc([N+](=O)[O-])cc1)C(=O)OC. The smallest absolute Gasteiger partial charge is 0.328 e. The van der Waals surface area contributed by atoms with Gasteiger partial charge in [0.15, 0.2) is 0 Å². The Bertz CT molecular complexity index is 846. The van der Waals surface area contributed by atoms with Gasteiger partial charge in [-0.1, -0.05) is 37.3 Å². The molecular weight excluding hydrogens is 348 g/mol. The summed E-state index contributed by atoms with van der Waals surface area (Å²) in [5.41, 5.74) is 2.91. The van der Waals surface area contributed by atoms with Gasteiger partial charge in [-0.3, -0.25) is 14.9 Å². The number of nitro benzene ring substituents is 1. The predicted octanol–water partition coefficient (Wildman–Crippen LogP) is 2.98. The number of nitrogens with zero attached hydrogens (tertiary/aromatic N) is 1. The normalized spacial score (nSPS) is 11.5. The van der Waals surface area contributed by atoms with Crippen LogP contribution in [0.5, 0.6) is 0 Å². The largest absolute Gasteiger partial charge is 0.467 e.